The summed E-state index contributed by atoms with van der Waals surface area (Å²) < 4.78 is 0. The number of nitrogens with one attached hydrogen (secondary N) is 1. The molecule has 1 aliphatic heterocycles. The molecule has 0 aromatic heterocycles. The van der Waals surface area contributed by atoms with Gasteiger partial charge in [0.05, 0.1) is 17.1 Å². The van der Waals surface area contributed by atoms with Crippen LogP contribution in [0.5, 0.6) is 5.75 Å². The van der Waals surface area contributed by atoms with Gasteiger partial charge in [0.2, 0.25) is 0 Å². The molecule has 4 unspecified atom stereocenters. The molecule has 9 nitrogen and oxygen atoms in total. The smallest absolute Gasteiger partial charge is 0.250 e. The second kappa shape index (κ2) is 10.8. The van der Waals surface area contributed by atoms with Crippen molar-refractivity contribution >= 4 is 23.5 Å². The van der Waals surface area contributed by atoms with Crippen LogP contribution in [-0.4, -0.2) is 63.9 Å². The van der Waals surface area contributed by atoms with Crippen LogP contribution in [-0.2, 0) is 28.4 Å². The van der Waals surface area contributed by atoms with Crippen LogP contribution in [0.2, 0.25) is 0 Å². The second-order valence-electron chi connectivity index (χ2n) is 11.5. The first-order chi connectivity index (χ1) is 18.6. The van der Waals surface area contributed by atoms with Gasteiger partial charge in [-0.1, -0.05) is 6.42 Å². The molecule has 6 N–H and O–H groups in total. The Morgan fingerprint density at radius 3 is 2.59 bits per heavy atom. The van der Waals surface area contributed by atoms with Crippen LogP contribution >= 0.6 is 11.8 Å². The molecule has 4 atom stereocenters. The van der Waals surface area contributed by atoms with Gasteiger partial charge in [0.25, 0.3) is 5.91 Å². The van der Waals surface area contributed by atoms with Gasteiger partial charge in [-0.15, -0.1) is 0 Å². The molecule has 4 aliphatic rings. The zero-order valence-corrected chi connectivity index (χ0v) is 23.7. The Bertz CT molecular complexity index is 1250. The monoisotopic (exact) mass is 557 g/mol. The number of hydrogen-bond donors (Lipinski definition) is 5. The maximum Gasteiger partial charge on any atom is 0.250 e. The predicted molar refractivity (Wildman–Crippen MR) is 149 cm³/mol. The van der Waals surface area contributed by atoms with Crippen LogP contribution in [0, 0.1) is 17.8 Å². The van der Waals surface area contributed by atoms with Crippen molar-refractivity contribution in [2.75, 3.05) is 26.4 Å². The van der Waals surface area contributed by atoms with E-state index in [0.29, 0.717) is 29.7 Å². The maximum absolute atomic E-state index is 14.3. The van der Waals surface area contributed by atoms with E-state index in [1.54, 1.807) is 18.8 Å². The number of aromatic hydroxyl groups is 1. The van der Waals surface area contributed by atoms with Crippen LogP contribution in [0.15, 0.2) is 28.7 Å². The number of fused-ring (bicyclic) bond motifs is 3. The molecule has 1 aromatic rings. The average Bonchev–Trinajstić information content (AvgIpc) is 2.86. The number of aliphatic hydroxyl groups is 2. The lowest BCUT2D eigenvalue weighted by Crippen LogP contribution is -2.53. The van der Waals surface area contributed by atoms with Gasteiger partial charge >= 0.3 is 0 Å². The van der Waals surface area contributed by atoms with Gasteiger partial charge in [0.15, 0.2) is 5.78 Å². The van der Waals surface area contributed by atoms with Crippen LogP contribution in [0.1, 0.15) is 66.1 Å². The third-order valence-corrected chi connectivity index (χ3v) is 9.57. The van der Waals surface area contributed by atoms with Gasteiger partial charge in [-0.05, 0) is 81.0 Å². The van der Waals surface area contributed by atoms with Crippen molar-refractivity contribution in [3.8, 4) is 5.75 Å². The van der Waals surface area contributed by atoms with Crippen molar-refractivity contribution in [1.82, 2.24) is 10.4 Å². The Balaban J connectivity index is 1.66. The summed E-state index contributed by atoms with van der Waals surface area (Å²) in [6.07, 6.45) is 6.73. The number of ketones is 1. The molecular formula is C29H39N3O6S. The first-order valence-electron chi connectivity index (χ1n) is 13.7. The van der Waals surface area contributed by atoms with E-state index in [-0.39, 0.29) is 46.9 Å². The first-order valence-corrected chi connectivity index (χ1v) is 15.1. The number of carbonyl (C=O) groups excluding carboxylic acids is 2. The predicted octanol–water partition coefficient (Wildman–Crippen LogP) is 3.09. The molecule has 0 saturated carbocycles. The summed E-state index contributed by atoms with van der Waals surface area (Å²) in [6.45, 7) is 4.20. The Hall–Kier alpha value is -2.53. The zero-order valence-electron chi connectivity index (χ0n) is 22.9. The first kappa shape index (κ1) is 28.0. The summed E-state index contributed by atoms with van der Waals surface area (Å²) in [7, 11) is 1.57. The number of allylic oxidation sites excluding steroid dienone is 2. The lowest BCUT2D eigenvalue weighted by atomic mass is 9.58. The number of carbonyl (C=O) groups is 2. The number of hydrogen-bond acceptors (Lipinski definition) is 9. The number of phenolic OH excluding ortho intramolecular Hbond substituents is 1. The number of benzene rings is 1. The fourth-order valence-electron chi connectivity index (χ4n) is 7.47. The molecule has 10 heteroatoms. The molecule has 1 aromatic carbocycles. The highest BCUT2D eigenvalue weighted by Crippen LogP contribution is 2.55. The second-order valence-corrected chi connectivity index (χ2v) is 12.4. The third-order valence-electron chi connectivity index (χ3n) is 8.97. The number of thioether (sulfide) groups is 1. The van der Waals surface area contributed by atoms with Crippen molar-refractivity contribution < 1.29 is 29.7 Å². The number of amides is 1. The standard InChI is InChI=1S/C29H39N3O6S/c1-29(37)23-16(12-20(33)24(29)28(30)36)9-15-11-19-17(13-32-7-5-4-6-8-32)10-18(14-39-3)25(34)22(19)26(35)21(15)27(23)38-31-2/h10,15-16,23,31,33-34,37H,4-9,11-14H2,1-3H3,(H2,30,36). The summed E-state index contributed by atoms with van der Waals surface area (Å²) in [4.78, 5) is 34.9. The van der Waals surface area contributed by atoms with E-state index in [9.17, 15) is 24.9 Å². The minimum Gasteiger partial charge on any atom is -0.512 e. The van der Waals surface area contributed by atoms with Gasteiger partial charge in [0, 0.05) is 36.9 Å². The van der Waals surface area contributed by atoms with E-state index in [2.05, 4.69) is 16.4 Å². The number of phenols is 1. The Labute approximate surface area is 233 Å². The van der Waals surface area contributed by atoms with E-state index in [4.69, 9.17) is 10.6 Å². The molecule has 1 heterocycles. The highest BCUT2D eigenvalue weighted by molar-refractivity contribution is 7.97. The van der Waals surface area contributed by atoms with E-state index in [1.165, 1.54) is 13.3 Å². The van der Waals surface area contributed by atoms with Gasteiger partial charge < -0.3 is 25.9 Å². The maximum atomic E-state index is 14.3. The number of nitrogens with two attached hydrogens (primary N) is 1. The van der Waals surface area contributed by atoms with Gasteiger partial charge in [-0.2, -0.15) is 17.2 Å². The molecule has 1 amide bonds. The van der Waals surface area contributed by atoms with Gasteiger partial charge in [0.1, 0.15) is 22.9 Å². The highest BCUT2D eigenvalue weighted by atomic mass is 32.2. The SMILES string of the molecule is CNOC1=C2C(=O)c3c(O)c(CSC)cc(CN4CCCCC4)c3CC2CC2CC(O)=C(C(N)=O)C(C)(O)C12. The fourth-order valence-corrected chi connectivity index (χ4v) is 8.00. The summed E-state index contributed by atoms with van der Waals surface area (Å²) in [5, 5.41) is 33.7. The van der Waals surface area contributed by atoms with Crippen molar-refractivity contribution in [1.29, 1.82) is 0 Å². The minimum absolute atomic E-state index is 0.00870. The number of likely N-dealkylation sites (tertiary alicyclic amines) is 1. The Morgan fingerprint density at radius 2 is 1.95 bits per heavy atom. The summed E-state index contributed by atoms with van der Waals surface area (Å²) in [5.74, 6) is -1.86. The van der Waals surface area contributed by atoms with Crippen LogP contribution < -0.4 is 11.2 Å². The number of aliphatic hydroxyl groups excluding tert-OH is 1. The summed E-state index contributed by atoms with van der Waals surface area (Å²) >= 11 is 1.59. The van der Waals surface area contributed by atoms with Gasteiger partial charge in [-0.3, -0.25) is 14.5 Å². The van der Waals surface area contributed by atoms with E-state index in [1.807, 2.05) is 6.26 Å². The largest absolute Gasteiger partial charge is 0.512 e. The molecule has 0 spiro atoms. The number of piperidine rings is 1. The molecular weight excluding hydrogens is 518 g/mol. The number of nitrogens with zero attached hydrogens (tertiary/aromatic N) is 1. The average molecular weight is 558 g/mol. The molecule has 0 bridgehead atoms. The van der Waals surface area contributed by atoms with Crippen molar-refractivity contribution in [3.05, 3.63) is 51.0 Å². The molecule has 0 radical (unpaired) electrons. The van der Waals surface area contributed by atoms with E-state index in [0.717, 1.165) is 49.2 Å². The topological polar surface area (TPSA) is 145 Å². The minimum atomic E-state index is -1.84. The Morgan fingerprint density at radius 1 is 1.23 bits per heavy atom. The number of hydroxylamine groups is 1. The number of rotatable bonds is 7. The Kier molecular flexibility index (Phi) is 7.76. The molecule has 1 saturated heterocycles. The van der Waals surface area contributed by atoms with Gasteiger partial charge in [-0.25, -0.2) is 0 Å². The number of Topliss-reactive ketones (excluding diaryl/α,β-unsaturated/α-hetero) is 1. The van der Waals surface area contributed by atoms with E-state index < -0.39 is 17.4 Å². The molecule has 1 fully saturated rings. The summed E-state index contributed by atoms with van der Waals surface area (Å²) in [5.41, 5.74) is 9.55. The third kappa shape index (κ3) is 4.75. The molecule has 3 aliphatic carbocycles. The lowest BCUT2D eigenvalue weighted by Gasteiger charge is -2.48. The fraction of sp³-hybridized carbons (Fsp3) is 0.586. The van der Waals surface area contributed by atoms with Crippen molar-refractivity contribution in [3.63, 3.8) is 0 Å². The van der Waals surface area contributed by atoms with Crippen molar-refractivity contribution in [2.24, 2.45) is 23.5 Å². The highest BCUT2D eigenvalue weighted by Gasteiger charge is 2.56. The van der Waals surface area contributed by atoms with E-state index >= 15 is 0 Å². The zero-order chi connectivity index (χ0) is 28.1. The van der Waals surface area contributed by atoms with Crippen molar-refractivity contribution in [2.45, 2.75) is 63.3 Å². The van der Waals surface area contributed by atoms with Crippen LogP contribution in [0.3, 0.4) is 0 Å². The van der Waals surface area contributed by atoms with Crippen LogP contribution in [0.25, 0.3) is 0 Å². The number of primary amides is 1. The molecule has 39 heavy (non-hydrogen) atoms. The molecule has 212 valence electrons. The van der Waals surface area contributed by atoms with Crippen LogP contribution in [0.4, 0.5) is 0 Å². The normalized spacial score (nSPS) is 29.1. The lowest BCUT2D eigenvalue weighted by molar-refractivity contribution is -0.120. The molecule has 5 rings (SSSR count). The summed E-state index contributed by atoms with van der Waals surface area (Å²) in [6, 6.07) is 2.07. The quantitative estimate of drug-likeness (QED) is 0.319.